The van der Waals surface area contributed by atoms with E-state index < -0.39 is 0 Å². The Kier molecular flexibility index (Phi) is 4.43. The second kappa shape index (κ2) is 6.50. The average Bonchev–Trinajstić information content (AvgIpc) is 3.29. The Morgan fingerprint density at radius 3 is 2.78 bits per heavy atom. The molecule has 1 saturated carbocycles. The Balaban J connectivity index is 1.85. The van der Waals surface area contributed by atoms with Crippen LogP contribution in [0.2, 0.25) is 0 Å². The van der Waals surface area contributed by atoms with E-state index in [4.69, 9.17) is 4.74 Å². The minimum Gasteiger partial charge on any atom is -0.462 e. The van der Waals surface area contributed by atoms with E-state index >= 15 is 0 Å². The number of anilines is 1. The largest absolute Gasteiger partial charge is 0.462 e. The summed E-state index contributed by atoms with van der Waals surface area (Å²) in [4.78, 5) is 28.7. The number of rotatable bonds is 5. The van der Waals surface area contributed by atoms with Crippen molar-refractivity contribution in [3.63, 3.8) is 0 Å². The summed E-state index contributed by atoms with van der Waals surface area (Å²) < 4.78 is 5.15. The zero-order valence-corrected chi connectivity index (χ0v) is 13.9. The van der Waals surface area contributed by atoms with Crippen LogP contribution >= 0.6 is 11.3 Å². The average molecular weight is 330 g/mol. The van der Waals surface area contributed by atoms with E-state index in [1.165, 1.54) is 17.5 Å². The predicted molar refractivity (Wildman–Crippen MR) is 89.2 cm³/mol. The molecule has 2 aromatic heterocycles. The lowest BCUT2D eigenvalue weighted by atomic mass is 10.1. The fourth-order valence-corrected chi connectivity index (χ4v) is 3.37. The predicted octanol–water partition coefficient (Wildman–Crippen LogP) is 3.76. The zero-order valence-electron chi connectivity index (χ0n) is 13.1. The number of aryl methyl sites for hydroxylation is 1. The molecule has 1 N–H and O–H groups in total. The molecular formula is C17H18N2O3S. The number of amides is 1. The molecule has 1 fully saturated rings. The number of nitrogens with zero attached hydrogens (tertiary/aromatic N) is 1. The van der Waals surface area contributed by atoms with Crippen LogP contribution in [0.3, 0.4) is 0 Å². The Morgan fingerprint density at radius 1 is 1.39 bits per heavy atom. The first-order valence-corrected chi connectivity index (χ1v) is 8.50. The van der Waals surface area contributed by atoms with Gasteiger partial charge in [-0.3, -0.25) is 9.78 Å². The van der Waals surface area contributed by atoms with Gasteiger partial charge in [0, 0.05) is 11.9 Å². The van der Waals surface area contributed by atoms with Crippen molar-refractivity contribution in [1.29, 1.82) is 0 Å². The molecule has 1 aliphatic carbocycles. The number of aromatic nitrogens is 1. The van der Waals surface area contributed by atoms with Gasteiger partial charge in [0.15, 0.2) is 0 Å². The van der Waals surface area contributed by atoms with Crippen molar-refractivity contribution in [3.8, 4) is 0 Å². The van der Waals surface area contributed by atoms with Crippen molar-refractivity contribution in [2.45, 2.75) is 32.6 Å². The van der Waals surface area contributed by atoms with E-state index in [2.05, 4.69) is 10.3 Å². The summed E-state index contributed by atoms with van der Waals surface area (Å²) >= 11 is 1.37. The molecule has 1 amide bonds. The molecule has 2 aromatic rings. The first-order valence-electron chi connectivity index (χ1n) is 7.62. The Morgan fingerprint density at radius 2 is 2.17 bits per heavy atom. The molecule has 0 aromatic carbocycles. The smallest absolute Gasteiger partial charge is 0.341 e. The SMILES string of the molecule is CCOC(=O)c1c(C2CC2)csc1NC(=O)c1ccc(C)nc1. The number of esters is 1. The molecule has 0 atom stereocenters. The molecule has 2 heterocycles. The maximum atomic E-state index is 12.4. The standard InChI is InChI=1S/C17H18N2O3S/c1-3-22-17(21)14-13(11-6-7-11)9-23-16(14)19-15(20)12-5-4-10(2)18-8-12/h4-5,8-9,11H,3,6-7H2,1-2H3,(H,19,20). The van der Waals surface area contributed by atoms with Gasteiger partial charge in [-0.1, -0.05) is 0 Å². The lowest BCUT2D eigenvalue weighted by molar-refractivity contribution is 0.0527. The lowest BCUT2D eigenvalue weighted by Gasteiger charge is -2.08. The van der Waals surface area contributed by atoms with Gasteiger partial charge in [-0.25, -0.2) is 4.79 Å². The summed E-state index contributed by atoms with van der Waals surface area (Å²) in [6.45, 7) is 3.95. The van der Waals surface area contributed by atoms with Gasteiger partial charge in [-0.05, 0) is 55.7 Å². The van der Waals surface area contributed by atoms with E-state index in [1.807, 2.05) is 12.3 Å². The maximum absolute atomic E-state index is 12.4. The summed E-state index contributed by atoms with van der Waals surface area (Å²) in [6, 6.07) is 3.50. The number of thiophene rings is 1. The summed E-state index contributed by atoms with van der Waals surface area (Å²) in [5.74, 6) is -0.224. The van der Waals surface area contributed by atoms with Gasteiger partial charge in [0.1, 0.15) is 5.00 Å². The highest BCUT2D eigenvalue weighted by atomic mass is 32.1. The van der Waals surface area contributed by atoms with E-state index in [-0.39, 0.29) is 11.9 Å². The fraction of sp³-hybridized carbons (Fsp3) is 0.353. The highest BCUT2D eigenvalue weighted by Crippen LogP contribution is 2.46. The van der Waals surface area contributed by atoms with Crippen molar-refractivity contribution < 1.29 is 14.3 Å². The molecule has 5 nitrogen and oxygen atoms in total. The first-order chi connectivity index (χ1) is 11.1. The maximum Gasteiger partial charge on any atom is 0.341 e. The minimum atomic E-state index is -0.368. The van der Waals surface area contributed by atoms with Crippen molar-refractivity contribution in [2.75, 3.05) is 11.9 Å². The van der Waals surface area contributed by atoms with Crippen LogP contribution in [0.4, 0.5) is 5.00 Å². The van der Waals surface area contributed by atoms with E-state index in [0.29, 0.717) is 28.7 Å². The summed E-state index contributed by atoms with van der Waals surface area (Å²) in [7, 11) is 0. The third kappa shape index (κ3) is 3.42. The molecule has 0 spiro atoms. The molecule has 6 heteroatoms. The summed E-state index contributed by atoms with van der Waals surface area (Å²) in [5, 5.41) is 5.33. The number of hydrogen-bond donors (Lipinski definition) is 1. The quantitative estimate of drug-likeness (QED) is 0.848. The summed E-state index contributed by atoms with van der Waals surface area (Å²) in [6.07, 6.45) is 3.70. The van der Waals surface area contributed by atoms with Crippen molar-refractivity contribution in [2.24, 2.45) is 0 Å². The molecule has 0 bridgehead atoms. The Bertz CT molecular complexity index is 733. The zero-order chi connectivity index (χ0) is 16.4. The van der Waals surface area contributed by atoms with E-state index in [0.717, 1.165) is 24.1 Å². The summed E-state index contributed by atoms with van der Waals surface area (Å²) in [5.41, 5.74) is 2.81. The molecule has 3 rings (SSSR count). The van der Waals surface area contributed by atoms with Gasteiger partial charge in [0.2, 0.25) is 0 Å². The third-order valence-corrected chi connectivity index (χ3v) is 4.63. The highest BCUT2D eigenvalue weighted by molar-refractivity contribution is 7.15. The molecule has 0 saturated heterocycles. The molecule has 0 unspecified atom stereocenters. The van der Waals surface area contributed by atoms with Gasteiger partial charge in [-0.2, -0.15) is 0 Å². The fourth-order valence-electron chi connectivity index (χ4n) is 2.35. The number of nitrogens with one attached hydrogen (secondary N) is 1. The van der Waals surface area contributed by atoms with Crippen LogP contribution in [0.15, 0.2) is 23.7 Å². The number of hydrogen-bond acceptors (Lipinski definition) is 5. The van der Waals surface area contributed by atoms with Crippen molar-refractivity contribution in [3.05, 3.63) is 46.1 Å². The highest BCUT2D eigenvalue weighted by Gasteiger charge is 2.32. The molecular weight excluding hydrogens is 312 g/mol. The van der Waals surface area contributed by atoms with Gasteiger partial charge in [0.25, 0.3) is 5.91 Å². The number of pyridine rings is 1. The molecule has 0 radical (unpaired) electrons. The van der Waals surface area contributed by atoms with Crippen LogP contribution in [0, 0.1) is 6.92 Å². The van der Waals surface area contributed by atoms with Crippen LogP contribution in [0.25, 0.3) is 0 Å². The molecule has 23 heavy (non-hydrogen) atoms. The second-order valence-corrected chi connectivity index (χ2v) is 6.41. The van der Waals surface area contributed by atoms with Crippen LogP contribution in [-0.2, 0) is 4.74 Å². The first kappa shape index (κ1) is 15.7. The van der Waals surface area contributed by atoms with Crippen LogP contribution in [0.5, 0.6) is 0 Å². The third-order valence-electron chi connectivity index (χ3n) is 3.72. The Labute approximate surface area is 138 Å². The van der Waals surface area contributed by atoms with Gasteiger partial charge >= 0.3 is 5.97 Å². The number of carbonyl (C=O) groups is 2. The molecule has 1 aliphatic rings. The van der Waals surface area contributed by atoms with E-state index in [9.17, 15) is 9.59 Å². The second-order valence-electron chi connectivity index (χ2n) is 5.53. The van der Waals surface area contributed by atoms with Crippen molar-refractivity contribution >= 4 is 28.2 Å². The molecule has 120 valence electrons. The normalized spacial score (nSPS) is 13.7. The van der Waals surface area contributed by atoms with Crippen LogP contribution in [-0.4, -0.2) is 23.5 Å². The van der Waals surface area contributed by atoms with E-state index in [1.54, 1.807) is 19.1 Å². The molecule has 0 aliphatic heterocycles. The monoisotopic (exact) mass is 330 g/mol. The number of carbonyl (C=O) groups excluding carboxylic acids is 2. The topological polar surface area (TPSA) is 68.3 Å². The van der Waals surface area contributed by atoms with Crippen molar-refractivity contribution in [1.82, 2.24) is 4.98 Å². The van der Waals surface area contributed by atoms with Gasteiger partial charge in [-0.15, -0.1) is 11.3 Å². The Hall–Kier alpha value is -2.21. The lowest BCUT2D eigenvalue weighted by Crippen LogP contribution is -2.15. The van der Waals surface area contributed by atoms with Gasteiger partial charge in [0.05, 0.1) is 17.7 Å². The van der Waals surface area contributed by atoms with Crippen LogP contribution in [0.1, 0.15) is 57.7 Å². The van der Waals surface area contributed by atoms with Crippen LogP contribution < -0.4 is 5.32 Å². The minimum absolute atomic E-state index is 0.271. The van der Waals surface area contributed by atoms with Gasteiger partial charge < -0.3 is 10.1 Å². The number of ether oxygens (including phenoxy) is 1.